The van der Waals surface area contributed by atoms with Crippen molar-refractivity contribution in [1.29, 1.82) is 0 Å². The lowest BCUT2D eigenvalue weighted by molar-refractivity contribution is 0.272. The smallest absolute Gasteiger partial charge is 0.192 e. The van der Waals surface area contributed by atoms with Gasteiger partial charge in [-0.25, -0.2) is 10.1 Å². The molecule has 0 unspecified atom stereocenters. The Morgan fingerprint density at radius 2 is 1.97 bits per heavy atom. The SMILES string of the molecule is CCCCc1nc(CO[Si](C)(C)C(C)(C)C)c(/C=C(/Cc2cccs2)c2nnn[nH]2)n1Cc1ccccc1Cl. The largest absolute Gasteiger partial charge is 0.411 e. The number of aromatic nitrogens is 6. The molecule has 39 heavy (non-hydrogen) atoms. The third-order valence-corrected chi connectivity index (χ3v) is 13.2. The number of unbranched alkanes of at least 4 members (excludes halogenated alkanes) is 1. The first-order chi connectivity index (χ1) is 18.6. The molecule has 4 rings (SSSR count). The van der Waals surface area contributed by atoms with E-state index in [9.17, 15) is 0 Å². The van der Waals surface area contributed by atoms with Crippen LogP contribution < -0.4 is 0 Å². The fourth-order valence-corrected chi connectivity index (χ4v) is 5.92. The number of allylic oxidation sites excluding steroid dienone is 1. The van der Waals surface area contributed by atoms with Crippen molar-refractivity contribution in [3.63, 3.8) is 0 Å². The van der Waals surface area contributed by atoms with E-state index in [-0.39, 0.29) is 5.04 Å². The van der Waals surface area contributed by atoms with E-state index >= 15 is 0 Å². The van der Waals surface area contributed by atoms with E-state index in [0.717, 1.165) is 52.6 Å². The summed E-state index contributed by atoms with van der Waals surface area (Å²) in [4.78, 5) is 6.44. The Labute approximate surface area is 241 Å². The molecule has 4 aromatic rings. The van der Waals surface area contributed by atoms with Crippen molar-refractivity contribution in [2.24, 2.45) is 0 Å². The molecule has 0 fully saturated rings. The van der Waals surface area contributed by atoms with Crippen LogP contribution in [0, 0.1) is 0 Å². The monoisotopic (exact) mass is 582 g/mol. The topological polar surface area (TPSA) is 81.5 Å². The number of thiophene rings is 1. The number of nitrogens with zero attached hydrogens (tertiary/aromatic N) is 5. The minimum Gasteiger partial charge on any atom is -0.411 e. The summed E-state index contributed by atoms with van der Waals surface area (Å²) in [5.74, 6) is 1.70. The molecular weight excluding hydrogens is 544 g/mol. The second kappa shape index (κ2) is 12.7. The van der Waals surface area contributed by atoms with Crippen molar-refractivity contribution < 1.29 is 4.43 Å². The van der Waals surface area contributed by atoms with E-state index in [4.69, 9.17) is 21.0 Å². The average Bonchev–Trinajstić information content (AvgIpc) is 3.65. The van der Waals surface area contributed by atoms with Gasteiger partial charge in [-0.3, -0.25) is 0 Å². The second-order valence-electron chi connectivity index (χ2n) is 11.4. The summed E-state index contributed by atoms with van der Waals surface area (Å²) in [6.45, 7) is 14.6. The molecule has 0 atom stereocenters. The highest BCUT2D eigenvalue weighted by molar-refractivity contribution is 7.10. The van der Waals surface area contributed by atoms with Gasteiger partial charge in [0, 0.05) is 28.3 Å². The lowest BCUT2D eigenvalue weighted by atomic mass is 10.1. The second-order valence-corrected chi connectivity index (χ2v) is 17.6. The van der Waals surface area contributed by atoms with E-state index < -0.39 is 8.32 Å². The third kappa shape index (κ3) is 7.33. The van der Waals surface area contributed by atoms with Gasteiger partial charge in [0.1, 0.15) is 5.82 Å². The van der Waals surface area contributed by atoms with Gasteiger partial charge in [-0.15, -0.1) is 16.4 Å². The van der Waals surface area contributed by atoms with E-state index in [1.807, 2.05) is 18.2 Å². The standard InChI is InChI=1S/C29H39ClN6OSSi/c1-7-8-15-27-31-25(20-37-39(5,6)29(2,3)4)26(36(27)19-21-12-9-10-14-24(21)30)18-22(28-32-34-35-33-28)17-23-13-11-16-38-23/h9-14,16,18H,7-8,15,17,19-20H2,1-6H3,(H,32,33,34,35)/b22-18-. The van der Waals surface area contributed by atoms with Crippen LogP contribution in [0.2, 0.25) is 23.2 Å². The van der Waals surface area contributed by atoms with Crippen molar-refractivity contribution in [3.8, 4) is 0 Å². The molecule has 3 heterocycles. The molecular formula is C29H39ClN6OSSi. The molecule has 1 aromatic carbocycles. The third-order valence-electron chi connectivity index (χ3n) is 7.48. The average molecular weight is 583 g/mol. The molecule has 0 spiro atoms. The first-order valence-corrected chi connectivity index (χ1v) is 17.7. The van der Waals surface area contributed by atoms with Gasteiger partial charge in [-0.05, 0) is 64.1 Å². The first-order valence-electron chi connectivity index (χ1n) is 13.5. The molecule has 7 nitrogen and oxygen atoms in total. The van der Waals surface area contributed by atoms with Crippen LogP contribution in [0.1, 0.15) is 74.0 Å². The minimum absolute atomic E-state index is 0.101. The van der Waals surface area contributed by atoms with Crippen LogP contribution in [0.25, 0.3) is 11.6 Å². The molecule has 10 heteroatoms. The molecule has 208 valence electrons. The number of benzene rings is 1. The van der Waals surface area contributed by atoms with Gasteiger partial charge in [0.2, 0.25) is 0 Å². The molecule has 1 N–H and O–H groups in total. The number of tetrazole rings is 1. The fraction of sp³-hybridized carbons (Fsp3) is 0.448. The van der Waals surface area contributed by atoms with Gasteiger partial charge in [0.15, 0.2) is 14.1 Å². The number of nitrogens with one attached hydrogen (secondary N) is 1. The highest BCUT2D eigenvalue weighted by Gasteiger charge is 2.37. The fourth-order valence-electron chi connectivity index (χ4n) is 4.06. The molecule has 0 aliphatic carbocycles. The Kier molecular flexibility index (Phi) is 9.59. The van der Waals surface area contributed by atoms with Crippen LogP contribution in [0.5, 0.6) is 0 Å². The Morgan fingerprint density at radius 1 is 1.18 bits per heavy atom. The molecule has 0 radical (unpaired) electrons. The van der Waals surface area contributed by atoms with E-state index in [0.29, 0.717) is 25.4 Å². The molecule has 0 aliphatic heterocycles. The zero-order valence-electron chi connectivity index (χ0n) is 23.8. The van der Waals surface area contributed by atoms with Crippen molar-refractivity contribution in [3.05, 3.63) is 80.3 Å². The van der Waals surface area contributed by atoms with Crippen molar-refractivity contribution in [1.82, 2.24) is 30.2 Å². The molecule has 0 amide bonds. The predicted molar refractivity (Wildman–Crippen MR) is 163 cm³/mol. The lowest BCUT2D eigenvalue weighted by Gasteiger charge is -2.36. The number of hydrogen-bond donors (Lipinski definition) is 1. The normalized spacial score (nSPS) is 12.8. The maximum Gasteiger partial charge on any atom is 0.192 e. The van der Waals surface area contributed by atoms with Gasteiger partial charge >= 0.3 is 0 Å². The number of halogens is 1. The van der Waals surface area contributed by atoms with Gasteiger partial charge in [0.05, 0.1) is 24.5 Å². The zero-order valence-corrected chi connectivity index (χ0v) is 26.4. The Bertz CT molecular complexity index is 1370. The van der Waals surface area contributed by atoms with E-state index in [1.54, 1.807) is 11.3 Å². The van der Waals surface area contributed by atoms with Crippen molar-refractivity contribution in [2.45, 2.75) is 84.7 Å². The minimum atomic E-state index is -2.00. The summed E-state index contributed by atoms with van der Waals surface area (Å²) < 4.78 is 9.01. The van der Waals surface area contributed by atoms with Gasteiger partial charge in [0.25, 0.3) is 0 Å². The van der Waals surface area contributed by atoms with Crippen molar-refractivity contribution >= 4 is 42.9 Å². The summed E-state index contributed by atoms with van der Waals surface area (Å²) in [5.41, 5.74) is 4.01. The molecule has 0 saturated heterocycles. The Hall–Kier alpha value is -2.59. The highest BCUT2D eigenvalue weighted by atomic mass is 35.5. The van der Waals surface area contributed by atoms with Crippen LogP contribution in [0.15, 0.2) is 41.8 Å². The zero-order chi connectivity index (χ0) is 28.0. The van der Waals surface area contributed by atoms with Gasteiger partial charge < -0.3 is 8.99 Å². The summed E-state index contributed by atoms with van der Waals surface area (Å²) in [5, 5.41) is 17.9. The predicted octanol–water partition coefficient (Wildman–Crippen LogP) is 7.81. The first kappa shape index (κ1) is 29.4. The number of rotatable bonds is 12. The summed E-state index contributed by atoms with van der Waals surface area (Å²) in [7, 11) is -2.00. The summed E-state index contributed by atoms with van der Waals surface area (Å²) in [6.07, 6.45) is 5.92. The van der Waals surface area contributed by atoms with Crippen LogP contribution in [0.4, 0.5) is 0 Å². The molecule has 0 aliphatic rings. The number of hydrogen-bond acceptors (Lipinski definition) is 6. The Morgan fingerprint density at radius 3 is 2.62 bits per heavy atom. The summed E-state index contributed by atoms with van der Waals surface area (Å²) >= 11 is 8.37. The maximum absolute atomic E-state index is 6.71. The number of aryl methyl sites for hydroxylation is 1. The number of aromatic amines is 1. The number of H-pyrrole nitrogens is 1. The lowest BCUT2D eigenvalue weighted by Crippen LogP contribution is -2.40. The van der Waals surface area contributed by atoms with E-state index in [2.05, 4.69) is 95.6 Å². The highest BCUT2D eigenvalue weighted by Crippen LogP contribution is 2.37. The van der Waals surface area contributed by atoms with Crippen LogP contribution in [-0.2, 0) is 30.4 Å². The van der Waals surface area contributed by atoms with Gasteiger partial charge in [-0.2, -0.15) is 0 Å². The maximum atomic E-state index is 6.71. The van der Waals surface area contributed by atoms with Gasteiger partial charge in [-0.1, -0.05) is 70.0 Å². The van der Waals surface area contributed by atoms with Crippen LogP contribution >= 0.6 is 22.9 Å². The molecule has 0 bridgehead atoms. The molecule has 3 aromatic heterocycles. The van der Waals surface area contributed by atoms with E-state index in [1.165, 1.54) is 4.88 Å². The van der Waals surface area contributed by atoms with Crippen LogP contribution in [-0.4, -0.2) is 38.5 Å². The van der Waals surface area contributed by atoms with Crippen LogP contribution in [0.3, 0.4) is 0 Å². The molecule has 0 saturated carbocycles. The summed E-state index contributed by atoms with van der Waals surface area (Å²) in [6, 6.07) is 12.2. The quantitative estimate of drug-likeness (QED) is 0.172. The number of imidazole rings is 1. The Balaban J connectivity index is 1.86. The van der Waals surface area contributed by atoms with Crippen molar-refractivity contribution in [2.75, 3.05) is 0 Å².